The molecule has 166 valence electrons. The van der Waals surface area contributed by atoms with Crippen molar-refractivity contribution in [3.8, 4) is 0 Å². The lowest BCUT2D eigenvalue weighted by molar-refractivity contribution is -0.127. The maximum atomic E-state index is 12.3. The molecule has 2 rings (SSSR count). The molecule has 1 aromatic carbocycles. The number of amides is 2. The Morgan fingerprint density at radius 2 is 1.93 bits per heavy atom. The predicted molar refractivity (Wildman–Crippen MR) is 118 cm³/mol. The van der Waals surface area contributed by atoms with Crippen LogP contribution in [0.5, 0.6) is 0 Å². The Morgan fingerprint density at radius 1 is 1.23 bits per heavy atom. The van der Waals surface area contributed by atoms with Crippen LogP contribution in [-0.2, 0) is 16.0 Å². The van der Waals surface area contributed by atoms with Gasteiger partial charge in [0.1, 0.15) is 12.1 Å². The highest BCUT2D eigenvalue weighted by atomic mass is 16.6. The minimum Gasteiger partial charge on any atom is -0.444 e. The number of hydrogen-bond donors (Lipinski definition) is 2. The van der Waals surface area contributed by atoms with Crippen LogP contribution in [0.25, 0.3) is 0 Å². The van der Waals surface area contributed by atoms with Crippen LogP contribution >= 0.6 is 0 Å². The summed E-state index contributed by atoms with van der Waals surface area (Å²) >= 11 is 0. The second-order valence-corrected chi connectivity index (χ2v) is 8.67. The Hall–Kier alpha value is -2.77. The molecule has 1 aliphatic rings. The molecule has 0 spiro atoms. The SMILES string of the molecule is CN(C)C(=O)CN=C(NCCc1ccccc1)NC1CCN(C(=O)OC(C)(C)C)C1. The third-order valence-electron chi connectivity index (χ3n) is 4.60. The molecule has 1 heterocycles. The first-order chi connectivity index (χ1) is 14.1. The van der Waals surface area contributed by atoms with Crippen molar-refractivity contribution in [1.82, 2.24) is 20.4 Å². The first-order valence-corrected chi connectivity index (χ1v) is 10.4. The van der Waals surface area contributed by atoms with Gasteiger partial charge in [0.2, 0.25) is 5.91 Å². The second-order valence-electron chi connectivity index (χ2n) is 8.67. The van der Waals surface area contributed by atoms with E-state index in [1.165, 1.54) is 10.5 Å². The summed E-state index contributed by atoms with van der Waals surface area (Å²) in [6, 6.07) is 10.2. The fourth-order valence-electron chi connectivity index (χ4n) is 2.97. The topological polar surface area (TPSA) is 86.3 Å². The minimum absolute atomic E-state index is 0.0509. The van der Waals surface area contributed by atoms with Gasteiger partial charge in [-0.1, -0.05) is 30.3 Å². The van der Waals surface area contributed by atoms with Crippen molar-refractivity contribution < 1.29 is 14.3 Å². The zero-order valence-electron chi connectivity index (χ0n) is 18.8. The van der Waals surface area contributed by atoms with Gasteiger partial charge in [-0.2, -0.15) is 0 Å². The molecule has 1 saturated heterocycles. The monoisotopic (exact) mass is 417 g/mol. The molecule has 1 aromatic rings. The Morgan fingerprint density at radius 3 is 2.57 bits per heavy atom. The number of nitrogens with one attached hydrogen (secondary N) is 2. The molecule has 0 radical (unpaired) electrons. The van der Waals surface area contributed by atoms with E-state index in [4.69, 9.17) is 4.74 Å². The van der Waals surface area contributed by atoms with Crippen LogP contribution < -0.4 is 10.6 Å². The van der Waals surface area contributed by atoms with Crippen molar-refractivity contribution in [3.05, 3.63) is 35.9 Å². The first kappa shape index (κ1) is 23.5. The number of likely N-dealkylation sites (N-methyl/N-ethyl adjacent to an activating group) is 1. The highest BCUT2D eigenvalue weighted by Gasteiger charge is 2.30. The van der Waals surface area contributed by atoms with Crippen LogP contribution in [0.2, 0.25) is 0 Å². The van der Waals surface area contributed by atoms with Crippen LogP contribution in [0.15, 0.2) is 35.3 Å². The number of aliphatic imine (C=N–C) groups is 1. The molecule has 30 heavy (non-hydrogen) atoms. The second kappa shape index (κ2) is 10.8. The van der Waals surface area contributed by atoms with Gasteiger partial charge in [-0.25, -0.2) is 9.79 Å². The average molecular weight is 418 g/mol. The third kappa shape index (κ3) is 8.31. The largest absolute Gasteiger partial charge is 0.444 e. The fourth-order valence-corrected chi connectivity index (χ4v) is 2.97. The summed E-state index contributed by atoms with van der Waals surface area (Å²) in [4.78, 5) is 31.9. The highest BCUT2D eigenvalue weighted by molar-refractivity contribution is 5.85. The van der Waals surface area contributed by atoms with Crippen molar-refractivity contribution in [2.75, 3.05) is 40.3 Å². The Balaban J connectivity index is 1.92. The zero-order valence-corrected chi connectivity index (χ0v) is 18.8. The number of nitrogens with zero attached hydrogens (tertiary/aromatic N) is 3. The first-order valence-electron chi connectivity index (χ1n) is 10.4. The summed E-state index contributed by atoms with van der Waals surface area (Å²) in [5.74, 6) is 0.512. The standard InChI is InChI=1S/C22H35N5O3/c1-22(2,3)30-21(29)27-14-12-18(16-27)25-20(24-15-19(28)26(4)5)23-13-11-17-9-7-6-8-10-17/h6-10,18H,11-16H2,1-5H3,(H2,23,24,25). The van der Waals surface area contributed by atoms with Crippen LogP contribution in [-0.4, -0.2) is 79.7 Å². The Labute approximate surface area is 179 Å². The average Bonchev–Trinajstić information content (AvgIpc) is 3.14. The van der Waals surface area contributed by atoms with Crippen LogP contribution in [0.1, 0.15) is 32.8 Å². The number of carbonyl (C=O) groups excluding carboxylic acids is 2. The molecule has 1 aliphatic heterocycles. The van der Waals surface area contributed by atoms with E-state index in [0.29, 0.717) is 25.6 Å². The lowest BCUT2D eigenvalue weighted by Gasteiger charge is -2.24. The Bertz CT molecular complexity index is 728. The highest BCUT2D eigenvalue weighted by Crippen LogP contribution is 2.15. The van der Waals surface area contributed by atoms with E-state index in [0.717, 1.165) is 12.8 Å². The lowest BCUT2D eigenvalue weighted by Crippen LogP contribution is -2.46. The predicted octanol–water partition coefficient (Wildman–Crippen LogP) is 1.86. The summed E-state index contributed by atoms with van der Waals surface area (Å²) < 4.78 is 5.46. The van der Waals surface area contributed by atoms with Crippen LogP contribution in [0.3, 0.4) is 0 Å². The van der Waals surface area contributed by atoms with Crippen molar-refractivity contribution in [1.29, 1.82) is 0 Å². The van der Waals surface area contributed by atoms with Gasteiger partial charge < -0.3 is 25.2 Å². The number of likely N-dealkylation sites (tertiary alicyclic amines) is 1. The van der Waals surface area contributed by atoms with E-state index in [2.05, 4.69) is 27.8 Å². The number of benzene rings is 1. The molecule has 8 heteroatoms. The summed E-state index contributed by atoms with van der Waals surface area (Å²) in [7, 11) is 3.42. The van der Waals surface area contributed by atoms with Gasteiger partial charge in [-0.3, -0.25) is 4.79 Å². The van der Waals surface area contributed by atoms with Gasteiger partial charge in [-0.15, -0.1) is 0 Å². The number of hydrogen-bond acceptors (Lipinski definition) is 4. The molecule has 0 saturated carbocycles. The van der Waals surface area contributed by atoms with Gasteiger partial charge in [-0.05, 0) is 39.2 Å². The molecule has 0 aromatic heterocycles. The molecular formula is C22H35N5O3. The van der Waals surface area contributed by atoms with Gasteiger partial charge in [0.05, 0.1) is 0 Å². The molecule has 0 bridgehead atoms. The summed E-state index contributed by atoms with van der Waals surface area (Å²) in [5.41, 5.74) is 0.714. The van der Waals surface area contributed by atoms with Gasteiger partial charge in [0.25, 0.3) is 0 Å². The molecule has 1 fully saturated rings. The zero-order chi connectivity index (χ0) is 22.1. The number of rotatable bonds is 6. The maximum Gasteiger partial charge on any atom is 0.410 e. The van der Waals surface area contributed by atoms with Gasteiger partial charge >= 0.3 is 6.09 Å². The van der Waals surface area contributed by atoms with Crippen LogP contribution in [0, 0.1) is 0 Å². The summed E-state index contributed by atoms with van der Waals surface area (Å²) in [5, 5.41) is 6.67. The molecular weight excluding hydrogens is 382 g/mol. The lowest BCUT2D eigenvalue weighted by atomic mass is 10.1. The molecule has 8 nitrogen and oxygen atoms in total. The van der Waals surface area contributed by atoms with E-state index in [-0.39, 0.29) is 24.6 Å². The number of carbonyl (C=O) groups is 2. The number of ether oxygens (including phenoxy) is 1. The normalized spacial score (nSPS) is 16.9. The maximum absolute atomic E-state index is 12.3. The Kier molecular flexibility index (Phi) is 8.50. The van der Waals surface area contributed by atoms with E-state index in [1.807, 2.05) is 39.0 Å². The molecule has 2 amide bonds. The van der Waals surface area contributed by atoms with Crippen molar-refractivity contribution in [3.63, 3.8) is 0 Å². The molecule has 0 aliphatic carbocycles. The smallest absolute Gasteiger partial charge is 0.410 e. The molecule has 1 atom stereocenters. The number of guanidine groups is 1. The third-order valence-corrected chi connectivity index (χ3v) is 4.60. The van der Waals surface area contributed by atoms with Crippen LogP contribution in [0.4, 0.5) is 4.79 Å². The summed E-state index contributed by atoms with van der Waals surface area (Å²) in [6.45, 7) is 7.50. The quantitative estimate of drug-likeness (QED) is 0.545. The minimum atomic E-state index is -0.513. The van der Waals surface area contributed by atoms with E-state index in [9.17, 15) is 9.59 Å². The van der Waals surface area contributed by atoms with Crippen molar-refractivity contribution in [2.45, 2.75) is 45.3 Å². The van der Waals surface area contributed by atoms with Crippen molar-refractivity contribution in [2.24, 2.45) is 4.99 Å². The van der Waals surface area contributed by atoms with E-state index >= 15 is 0 Å². The fraction of sp³-hybridized carbons (Fsp3) is 0.591. The molecule has 1 unspecified atom stereocenters. The van der Waals surface area contributed by atoms with E-state index < -0.39 is 5.60 Å². The summed E-state index contributed by atoms with van der Waals surface area (Å²) in [6.07, 6.45) is 1.34. The van der Waals surface area contributed by atoms with Crippen molar-refractivity contribution >= 4 is 18.0 Å². The van der Waals surface area contributed by atoms with E-state index in [1.54, 1.807) is 19.0 Å². The molecule has 2 N–H and O–H groups in total. The van der Waals surface area contributed by atoms with Gasteiger partial charge in [0, 0.05) is 39.8 Å². The van der Waals surface area contributed by atoms with Gasteiger partial charge in [0.15, 0.2) is 5.96 Å².